The van der Waals surface area contributed by atoms with Gasteiger partial charge < -0.3 is 25.3 Å². The van der Waals surface area contributed by atoms with Gasteiger partial charge in [0.25, 0.3) is 0 Å². The Morgan fingerprint density at radius 2 is 1.82 bits per heavy atom. The number of carbonyl (C=O) groups is 3. The molecule has 0 aromatic heterocycles. The predicted octanol–water partition coefficient (Wildman–Crippen LogP) is 2.73. The summed E-state index contributed by atoms with van der Waals surface area (Å²) < 4.78 is 16.4. The van der Waals surface area contributed by atoms with Crippen molar-refractivity contribution in [2.45, 2.75) is 12.3 Å². The summed E-state index contributed by atoms with van der Waals surface area (Å²) >= 11 is 0. The SMILES string of the molecule is C=CCOC(=O)C1=C(N)[C@@]2(C(=O)Nc3ccccc32)C(C)=C(C(=O)COc2ccccc2)O1. The van der Waals surface area contributed by atoms with Crippen LogP contribution in [0.2, 0.25) is 0 Å². The average molecular weight is 446 g/mol. The Morgan fingerprint density at radius 1 is 1.12 bits per heavy atom. The number of hydrogen-bond acceptors (Lipinski definition) is 7. The fourth-order valence-corrected chi connectivity index (χ4v) is 4.02. The van der Waals surface area contributed by atoms with E-state index in [-0.39, 0.29) is 30.2 Å². The number of ketones is 1. The second-order valence-electron chi connectivity index (χ2n) is 7.46. The van der Waals surface area contributed by atoms with Crippen LogP contribution in [0.15, 0.2) is 90.0 Å². The lowest BCUT2D eigenvalue weighted by Crippen LogP contribution is -2.46. The molecule has 2 aromatic carbocycles. The number of fused-ring (bicyclic) bond motifs is 2. The molecule has 0 fully saturated rings. The quantitative estimate of drug-likeness (QED) is 0.496. The number of amides is 1. The molecule has 0 aliphatic carbocycles. The zero-order valence-corrected chi connectivity index (χ0v) is 17.9. The van der Waals surface area contributed by atoms with Crippen LogP contribution < -0.4 is 15.8 Å². The summed E-state index contributed by atoms with van der Waals surface area (Å²) in [5.41, 5.74) is 5.94. The standard InChI is InChI=1S/C25H22N2O6/c1-3-13-31-23(29)21-22(26)25(17-11-7-8-12-18(17)27-24(25)30)15(2)20(33-21)19(28)14-32-16-9-5-4-6-10-16/h3-12H,1,13-14,26H2,2H3,(H,27,30)/t25-/m1/s1. The Kier molecular flexibility index (Phi) is 5.74. The summed E-state index contributed by atoms with van der Waals surface area (Å²) in [6.07, 6.45) is 1.38. The second kappa shape index (κ2) is 8.66. The van der Waals surface area contributed by atoms with E-state index in [1.165, 1.54) is 6.08 Å². The van der Waals surface area contributed by atoms with Gasteiger partial charge in [0.15, 0.2) is 12.4 Å². The zero-order chi connectivity index (χ0) is 23.6. The summed E-state index contributed by atoms with van der Waals surface area (Å²) in [5.74, 6) is -2.10. The van der Waals surface area contributed by atoms with E-state index in [1.807, 2.05) is 6.07 Å². The van der Waals surface area contributed by atoms with Gasteiger partial charge in [-0.3, -0.25) is 9.59 Å². The third-order valence-electron chi connectivity index (χ3n) is 5.56. The lowest BCUT2D eigenvalue weighted by Gasteiger charge is -2.35. The van der Waals surface area contributed by atoms with Crippen LogP contribution in [0.5, 0.6) is 5.75 Å². The molecular formula is C25H22N2O6. The first-order valence-electron chi connectivity index (χ1n) is 10.2. The summed E-state index contributed by atoms with van der Waals surface area (Å²) in [5, 5.41) is 2.79. The normalized spacial score (nSPS) is 19.0. The highest BCUT2D eigenvalue weighted by atomic mass is 16.6. The molecule has 0 unspecified atom stereocenters. The molecule has 8 nitrogen and oxygen atoms in total. The van der Waals surface area contributed by atoms with E-state index in [2.05, 4.69) is 11.9 Å². The van der Waals surface area contributed by atoms with Gasteiger partial charge in [-0.05, 0) is 30.7 Å². The number of nitrogens with two attached hydrogens (primary N) is 1. The maximum Gasteiger partial charge on any atom is 0.376 e. The molecule has 1 atom stereocenters. The highest BCUT2D eigenvalue weighted by Gasteiger charge is 2.56. The van der Waals surface area contributed by atoms with Gasteiger partial charge in [0.1, 0.15) is 17.8 Å². The van der Waals surface area contributed by atoms with Crippen molar-refractivity contribution in [3.05, 3.63) is 95.6 Å². The van der Waals surface area contributed by atoms with Crippen molar-refractivity contribution in [1.29, 1.82) is 0 Å². The maximum absolute atomic E-state index is 13.3. The number of ether oxygens (including phenoxy) is 3. The van der Waals surface area contributed by atoms with Crippen LogP contribution in [-0.4, -0.2) is 30.9 Å². The number of para-hydroxylation sites is 2. The Labute approximate surface area is 190 Å². The molecule has 0 saturated carbocycles. The van der Waals surface area contributed by atoms with Crippen molar-refractivity contribution in [3.63, 3.8) is 0 Å². The van der Waals surface area contributed by atoms with Crippen LogP contribution >= 0.6 is 0 Å². The second-order valence-corrected chi connectivity index (χ2v) is 7.46. The molecular weight excluding hydrogens is 424 g/mol. The molecule has 0 bridgehead atoms. The van der Waals surface area contributed by atoms with E-state index >= 15 is 0 Å². The van der Waals surface area contributed by atoms with E-state index in [0.29, 0.717) is 17.0 Å². The Balaban J connectivity index is 1.80. The summed E-state index contributed by atoms with van der Waals surface area (Å²) in [4.78, 5) is 39.2. The number of anilines is 1. The Hall–Kier alpha value is -4.33. The molecule has 4 rings (SSSR count). The van der Waals surface area contributed by atoms with Crippen molar-refractivity contribution in [2.24, 2.45) is 5.73 Å². The first-order valence-corrected chi connectivity index (χ1v) is 10.2. The molecule has 168 valence electrons. The van der Waals surface area contributed by atoms with Gasteiger partial charge in [-0.25, -0.2) is 4.79 Å². The van der Waals surface area contributed by atoms with Crippen LogP contribution in [0.1, 0.15) is 12.5 Å². The van der Waals surface area contributed by atoms with Crippen LogP contribution in [0.3, 0.4) is 0 Å². The Bertz CT molecular complexity index is 1210. The van der Waals surface area contributed by atoms with E-state index < -0.39 is 28.8 Å². The van der Waals surface area contributed by atoms with Crippen LogP contribution in [-0.2, 0) is 29.3 Å². The Morgan fingerprint density at radius 3 is 2.55 bits per heavy atom. The van der Waals surface area contributed by atoms with Crippen molar-refractivity contribution in [2.75, 3.05) is 18.5 Å². The molecule has 33 heavy (non-hydrogen) atoms. The molecule has 8 heteroatoms. The highest BCUT2D eigenvalue weighted by molar-refractivity contribution is 6.14. The number of benzene rings is 2. The molecule has 2 aliphatic rings. The van der Waals surface area contributed by atoms with Crippen molar-refractivity contribution < 1.29 is 28.6 Å². The first-order chi connectivity index (χ1) is 15.9. The topological polar surface area (TPSA) is 117 Å². The van der Waals surface area contributed by atoms with Crippen LogP contribution in [0.25, 0.3) is 0 Å². The molecule has 3 N–H and O–H groups in total. The van der Waals surface area contributed by atoms with Gasteiger partial charge in [-0.2, -0.15) is 0 Å². The van der Waals surface area contributed by atoms with Gasteiger partial charge in [0.2, 0.25) is 17.4 Å². The van der Waals surface area contributed by atoms with Crippen molar-refractivity contribution in [1.82, 2.24) is 0 Å². The van der Waals surface area contributed by atoms with E-state index in [1.54, 1.807) is 55.5 Å². The number of nitrogens with one attached hydrogen (secondary N) is 1. The van der Waals surface area contributed by atoms with Gasteiger partial charge in [0, 0.05) is 11.3 Å². The number of carbonyl (C=O) groups excluding carboxylic acids is 3. The minimum absolute atomic E-state index is 0.0994. The fraction of sp³-hybridized carbons (Fsp3) is 0.160. The zero-order valence-electron chi connectivity index (χ0n) is 17.9. The minimum Gasteiger partial charge on any atom is -0.485 e. The van der Waals surface area contributed by atoms with Gasteiger partial charge in [-0.15, -0.1) is 0 Å². The van der Waals surface area contributed by atoms with E-state index in [9.17, 15) is 14.4 Å². The number of Topliss-reactive ketones (excluding diaryl/α,β-unsaturated/α-hetero) is 1. The minimum atomic E-state index is -1.60. The number of esters is 1. The smallest absolute Gasteiger partial charge is 0.376 e. The fourth-order valence-electron chi connectivity index (χ4n) is 4.02. The van der Waals surface area contributed by atoms with Crippen LogP contribution in [0, 0.1) is 0 Å². The average Bonchev–Trinajstić information content (AvgIpc) is 3.13. The van der Waals surface area contributed by atoms with Gasteiger partial charge in [0.05, 0.1) is 5.70 Å². The monoisotopic (exact) mass is 446 g/mol. The van der Waals surface area contributed by atoms with Crippen molar-refractivity contribution >= 4 is 23.3 Å². The third-order valence-corrected chi connectivity index (χ3v) is 5.56. The number of rotatable bonds is 7. The largest absolute Gasteiger partial charge is 0.485 e. The van der Waals surface area contributed by atoms with Gasteiger partial charge >= 0.3 is 5.97 Å². The van der Waals surface area contributed by atoms with Gasteiger partial charge in [-0.1, -0.05) is 49.1 Å². The van der Waals surface area contributed by atoms with Crippen molar-refractivity contribution in [3.8, 4) is 5.75 Å². The molecule has 2 aliphatic heterocycles. The molecule has 2 heterocycles. The summed E-state index contributed by atoms with van der Waals surface area (Å²) in [6.45, 7) is 4.62. The molecule has 2 aromatic rings. The maximum atomic E-state index is 13.3. The molecule has 1 spiro atoms. The van der Waals surface area contributed by atoms with E-state index in [0.717, 1.165) is 0 Å². The summed E-state index contributed by atoms with van der Waals surface area (Å²) in [6, 6.07) is 15.7. The van der Waals surface area contributed by atoms with E-state index in [4.69, 9.17) is 19.9 Å². The molecule has 0 radical (unpaired) electrons. The molecule has 0 saturated heterocycles. The third kappa shape index (κ3) is 3.55. The van der Waals surface area contributed by atoms with Crippen LogP contribution in [0.4, 0.5) is 5.69 Å². The predicted molar refractivity (Wildman–Crippen MR) is 120 cm³/mol. The molecule has 1 amide bonds. The first kappa shape index (κ1) is 21.9. The lowest BCUT2D eigenvalue weighted by molar-refractivity contribution is -0.142. The lowest BCUT2D eigenvalue weighted by atomic mass is 9.70. The highest BCUT2D eigenvalue weighted by Crippen LogP contribution is 2.50. The summed E-state index contributed by atoms with van der Waals surface area (Å²) in [7, 11) is 0. The number of hydrogen-bond donors (Lipinski definition) is 2.